The molecule has 0 amide bonds. The van der Waals surface area contributed by atoms with Crippen molar-refractivity contribution in [3.8, 4) is 0 Å². The van der Waals surface area contributed by atoms with Crippen LogP contribution < -0.4 is 11.1 Å². The molecule has 0 aliphatic heterocycles. The number of nitrogen functional groups attached to an aromatic ring is 1. The zero-order valence-corrected chi connectivity index (χ0v) is 12.0. The second kappa shape index (κ2) is 6.79. The van der Waals surface area contributed by atoms with E-state index >= 15 is 0 Å². The molecule has 0 saturated carbocycles. The van der Waals surface area contributed by atoms with Gasteiger partial charge in [0.15, 0.2) is 0 Å². The van der Waals surface area contributed by atoms with Crippen LogP contribution in [0, 0.1) is 0 Å². The molecule has 0 saturated heterocycles. The van der Waals surface area contributed by atoms with Gasteiger partial charge in [-0.3, -0.25) is 0 Å². The van der Waals surface area contributed by atoms with Gasteiger partial charge in [-0.1, -0.05) is 30.3 Å². The van der Waals surface area contributed by atoms with Gasteiger partial charge in [0.2, 0.25) is 0 Å². The third-order valence-corrected chi connectivity index (χ3v) is 3.38. The summed E-state index contributed by atoms with van der Waals surface area (Å²) in [6, 6.07) is 15.2. The smallest absolute Gasteiger partial charge is 0.337 e. The van der Waals surface area contributed by atoms with Crippen LogP contribution >= 0.6 is 0 Å². The third kappa shape index (κ3) is 4.24. The second-order valence-electron chi connectivity index (χ2n) is 5.18. The van der Waals surface area contributed by atoms with Gasteiger partial charge in [-0.15, -0.1) is 0 Å². The van der Waals surface area contributed by atoms with Crippen LogP contribution in [0.4, 0.5) is 11.4 Å². The summed E-state index contributed by atoms with van der Waals surface area (Å²) in [4.78, 5) is 11.2. The van der Waals surface area contributed by atoms with Crippen molar-refractivity contribution < 1.29 is 9.90 Å². The summed E-state index contributed by atoms with van der Waals surface area (Å²) in [5, 5.41) is 12.4. The van der Waals surface area contributed by atoms with Gasteiger partial charge in [0.05, 0.1) is 11.3 Å². The summed E-state index contributed by atoms with van der Waals surface area (Å²) in [5.41, 5.74) is 8.38. The number of nitrogens with one attached hydrogen (secondary N) is 1. The van der Waals surface area contributed by atoms with Crippen LogP contribution in [0.25, 0.3) is 0 Å². The number of hydrogen-bond donors (Lipinski definition) is 3. The number of carboxylic acid groups (broad SMARTS) is 1. The minimum Gasteiger partial charge on any atom is -0.478 e. The van der Waals surface area contributed by atoms with Crippen molar-refractivity contribution in [3.05, 3.63) is 59.7 Å². The number of anilines is 2. The van der Waals surface area contributed by atoms with Crippen LogP contribution in [0.15, 0.2) is 48.5 Å². The molecule has 2 aromatic carbocycles. The molecule has 21 heavy (non-hydrogen) atoms. The lowest BCUT2D eigenvalue weighted by Crippen LogP contribution is -2.18. The fourth-order valence-corrected chi connectivity index (χ4v) is 2.23. The molecular weight excluding hydrogens is 264 g/mol. The summed E-state index contributed by atoms with van der Waals surface area (Å²) >= 11 is 0. The fourth-order valence-electron chi connectivity index (χ4n) is 2.23. The van der Waals surface area contributed by atoms with Gasteiger partial charge >= 0.3 is 5.97 Å². The lowest BCUT2D eigenvalue weighted by molar-refractivity contribution is 0.0698. The van der Waals surface area contributed by atoms with Crippen LogP contribution in [0.3, 0.4) is 0 Å². The summed E-state index contributed by atoms with van der Waals surface area (Å²) in [6.07, 6.45) is 1.86. The monoisotopic (exact) mass is 284 g/mol. The largest absolute Gasteiger partial charge is 0.478 e. The molecule has 2 rings (SSSR count). The standard InChI is InChI=1S/C17H20N2O2/c1-12(7-8-13-5-3-2-4-6-13)19-16-11-14(18)9-10-15(16)17(20)21/h2-6,9-12,19H,7-8,18H2,1H3,(H,20,21). The number of nitrogens with two attached hydrogens (primary N) is 1. The van der Waals surface area contributed by atoms with Crippen molar-refractivity contribution in [2.24, 2.45) is 0 Å². The molecule has 4 nitrogen and oxygen atoms in total. The molecule has 110 valence electrons. The summed E-state index contributed by atoms with van der Waals surface area (Å²) < 4.78 is 0. The van der Waals surface area contributed by atoms with Gasteiger partial charge in [-0.05, 0) is 43.5 Å². The first-order valence-corrected chi connectivity index (χ1v) is 6.99. The quantitative estimate of drug-likeness (QED) is 0.711. The number of aryl methyl sites for hydroxylation is 1. The maximum Gasteiger partial charge on any atom is 0.337 e. The van der Waals surface area contributed by atoms with Crippen molar-refractivity contribution in [2.75, 3.05) is 11.1 Å². The fraction of sp³-hybridized carbons (Fsp3) is 0.235. The summed E-state index contributed by atoms with van der Waals surface area (Å²) in [6.45, 7) is 2.04. The number of rotatable bonds is 6. The Balaban J connectivity index is 2.01. The highest BCUT2D eigenvalue weighted by atomic mass is 16.4. The van der Waals surface area contributed by atoms with Crippen molar-refractivity contribution in [2.45, 2.75) is 25.8 Å². The highest BCUT2D eigenvalue weighted by Gasteiger charge is 2.12. The zero-order chi connectivity index (χ0) is 15.2. The third-order valence-electron chi connectivity index (χ3n) is 3.38. The predicted molar refractivity (Wildman–Crippen MR) is 85.7 cm³/mol. The van der Waals surface area contributed by atoms with Crippen molar-refractivity contribution >= 4 is 17.3 Å². The van der Waals surface area contributed by atoms with E-state index in [4.69, 9.17) is 5.73 Å². The Kier molecular flexibility index (Phi) is 4.82. The molecule has 4 N–H and O–H groups in total. The molecule has 0 aliphatic rings. The van der Waals surface area contributed by atoms with Gasteiger partial charge in [-0.2, -0.15) is 0 Å². The van der Waals surface area contributed by atoms with E-state index in [0.717, 1.165) is 12.8 Å². The molecule has 1 atom stereocenters. The Morgan fingerprint density at radius 1 is 1.24 bits per heavy atom. The van der Waals surface area contributed by atoms with E-state index in [9.17, 15) is 9.90 Å². The van der Waals surface area contributed by atoms with Crippen molar-refractivity contribution in [1.29, 1.82) is 0 Å². The maximum atomic E-state index is 11.2. The normalized spacial score (nSPS) is 11.9. The molecule has 2 aromatic rings. The SMILES string of the molecule is CC(CCc1ccccc1)Nc1cc(N)ccc1C(=O)O. The van der Waals surface area contributed by atoms with Crippen molar-refractivity contribution in [3.63, 3.8) is 0 Å². The molecule has 0 aromatic heterocycles. The van der Waals surface area contributed by atoms with Crippen molar-refractivity contribution in [1.82, 2.24) is 0 Å². The summed E-state index contributed by atoms with van der Waals surface area (Å²) in [5.74, 6) is -0.951. The number of hydrogen-bond acceptors (Lipinski definition) is 3. The molecular formula is C17H20N2O2. The Labute approximate surface area is 124 Å². The Hall–Kier alpha value is -2.49. The van der Waals surface area contributed by atoms with Gasteiger partial charge < -0.3 is 16.2 Å². The first-order chi connectivity index (χ1) is 10.1. The van der Waals surface area contributed by atoms with Crippen LogP contribution in [-0.4, -0.2) is 17.1 Å². The van der Waals surface area contributed by atoms with Crippen LogP contribution in [0.1, 0.15) is 29.3 Å². The maximum absolute atomic E-state index is 11.2. The van der Waals surface area contributed by atoms with E-state index < -0.39 is 5.97 Å². The number of carboxylic acids is 1. The second-order valence-corrected chi connectivity index (χ2v) is 5.18. The first-order valence-electron chi connectivity index (χ1n) is 6.99. The molecule has 4 heteroatoms. The van der Waals surface area contributed by atoms with E-state index in [1.165, 1.54) is 11.6 Å². The van der Waals surface area contributed by atoms with E-state index in [-0.39, 0.29) is 11.6 Å². The van der Waals surface area contributed by atoms with Gasteiger partial charge in [-0.25, -0.2) is 4.79 Å². The Morgan fingerprint density at radius 2 is 1.95 bits per heavy atom. The van der Waals surface area contributed by atoms with E-state index in [2.05, 4.69) is 17.4 Å². The average molecular weight is 284 g/mol. The number of benzene rings is 2. The molecule has 0 fully saturated rings. The van der Waals surface area contributed by atoms with E-state index in [0.29, 0.717) is 11.4 Å². The molecule has 0 spiro atoms. The predicted octanol–water partition coefficient (Wildman–Crippen LogP) is 3.40. The van der Waals surface area contributed by atoms with E-state index in [1.807, 2.05) is 25.1 Å². The Bertz CT molecular complexity index is 611. The lowest BCUT2D eigenvalue weighted by Gasteiger charge is -2.17. The van der Waals surface area contributed by atoms with Gasteiger partial charge in [0.1, 0.15) is 0 Å². The lowest BCUT2D eigenvalue weighted by atomic mass is 10.1. The minimum absolute atomic E-state index is 0.158. The minimum atomic E-state index is -0.951. The highest BCUT2D eigenvalue weighted by molar-refractivity contribution is 5.95. The topological polar surface area (TPSA) is 75.3 Å². The molecule has 0 radical (unpaired) electrons. The molecule has 1 unspecified atom stereocenters. The highest BCUT2D eigenvalue weighted by Crippen LogP contribution is 2.21. The average Bonchev–Trinajstić information content (AvgIpc) is 2.46. The van der Waals surface area contributed by atoms with E-state index in [1.54, 1.807) is 12.1 Å². The zero-order valence-electron chi connectivity index (χ0n) is 12.0. The number of carbonyl (C=O) groups is 1. The number of aromatic carboxylic acids is 1. The summed E-state index contributed by atoms with van der Waals surface area (Å²) in [7, 11) is 0. The van der Waals surface area contributed by atoms with Gasteiger partial charge in [0.25, 0.3) is 0 Å². The van der Waals surface area contributed by atoms with Crippen LogP contribution in [0.2, 0.25) is 0 Å². The molecule has 0 heterocycles. The molecule has 0 aliphatic carbocycles. The Morgan fingerprint density at radius 3 is 2.62 bits per heavy atom. The molecule has 0 bridgehead atoms. The van der Waals surface area contributed by atoms with Gasteiger partial charge in [0, 0.05) is 11.7 Å². The van der Waals surface area contributed by atoms with Crippen LogP contribution in [0.5, 0.6) is 0 Å². The van der Waals surface area contributed by atoms with Crippen LogP contribution in [-0.2, 0) is 6.42 Å². The first kappa shape index (κ1) is 14.9.